The molecule has 0 aliphatic carbocycles. The third kappa shape index (κ3) is 6.04. The third-order valence-electron chi connectivity index (χ3n) is 4.62. The first-order chi connectivity index (χ1) is 15.6. The van der Waals surface area contributed by atoms with Crippen LogP contribution in [0.3, 0.4) is 0 Å². The molecular formula is C22H19BrN4O6. The molecule has 2 aromatic carbocycles. The van der Waals surface area contributed by atoms with Crippen LogP contribution in [-0.4, -0.2) is 32.5 Å². The average molecular weight is 515 g/mol. The lowest BCUT2D eigenvalue weighted by Crippen LogP contribution is -2.20. The molecule has 0 radical (unpaired) electrons. The molecule has 1 aromatic heterocycles. The second kappa shape index (κ2) is 10.1. The lowest BCUT2D eigenvalue weighted by Gasteiger charge is -2.11. The van der Waals surface area contributed by atoms with Gasteiger partial charge in [0.1, 0.15) is 11.6 Å². The van der Waals surface area contributed by atoms with Gasteiger partial charge in [-0.15, -0.1) is 0 Å². The summed E-state index contributed by atoms with van der Waals surface area (Å²) in [4.78, 5) is 39.4. The molecule has 10 nitrogen and oxygen atoms in total. The van der Waals surface area contributed by atoms with Crippen molar-refractivity contribution >= 4 is 45.4 Å². The number of nitrogens with zero attached hydrogens (tertiary/aromatic N) is 2. The van der Waals surface area contributed by atoms with Gasteiger partial charge >= 0.3 is 11.2 Å². The summed E-state index contributed by atoms with van der Waals surface area (Å²) in [5.41, 5.74) is 1.46. The standard InChI is InChI=1S/C22H19BrN4O6/c1-12-9-16(23)17(10-13(12)2)24-19(28)11-33-15-6-3-14(4-7-15)5-8-18-25-21(29)20(27(31)32)22(30)26-18/h3-10H,11H2,1-2H3,(H,24,28)(H2,25,26,29,30)/b8-5+. The monoisotopic (exact) mass is 514 g/mol. The Morgan fingerprint density at radius 2 is 1.91 bits per heavy atom. The Balaban J connectivity index is 1.59. The molecule has 0 fully saturated rings. The molecular weight excluding hydrogens is 496 g/mol. The smallest absolute Gasteiger partial charge is 0.395 e. The van der Waals surface area contributed by atoms with Gasteiger partial charge in [0.25, 0.3) is 11.8 Å². The predicted octanol–water partition coefficient (Wildman–Crippen LogP) is 3.95. The number of aromatic hydroxyl groups is 1. The number of nitro groups is 1. The fraction of sp³-hybridized carbons (Fsp3) is 0.136. The van der Waals surface area contributed by atoms with Crippen LogP contribution in [0.1, 0.15) is 22.5 Å². The molecule has 11 heteroatoms. The normalized spacial score (nSPS) is 10.9. The topological polar surface area (TPSA) is 147 Å². The first-order valence-electron chi connectivity index (χ1n) is 9.59. The first kappa shape index (κ1) is 23.7. The highest BCUT2D eigenvalue weighted by Gasteiger charge is 2.21. The van der Waals surface area contributed by atoms with Crippen LogP contribution in [0.2, 0.25) is 0 Å². The van der Waals surface area contributed by atoms with Gasteiger partial charge in [0.15, 0.2) is 6.61 Å². The zero-order chi connectivity index (χ0) is 24.1. The number of anilines is 1. The number of rotatable bonds is 7. The Bertz CT molecular complexity index is 1300. The van der Waals surface area contributed by atoms with Crippen LogP contribution in [0.5, 0.6) is 11.6 Å². The molecule has 0 aliphatic rings. The van der Waals surface area contributed by atoms with E-state index >= 15 is 0 Å². The molecule has 3 aromatic rings. The van der Waals surface area contributed by atoms with Crippen molar-refractivity contribution in [1.29, 1.82) is 0 Å². The van der Waals surface area contributed by atoms with Gasteiger partial charge in [-0.3, -0.25) is 19.7 Å². The quantitative estimate of drug-likeness (QED) is 0.319. The van der Waals surface area contributed by atoms with Crippen molar-refractivity contribution in [3.05, 3.63) is 83.9 Å². The number of amides is 1. The summed E-state index contributed by atoms with van der Waals surface area (Å²) in [6.07, 6.45) is 2.97. The minimum absolute atomic E-state index is 0.0439. The van der Waals surface area contributed by atoms with E-state index in [9.17, 15) is 24.8 Å². The fourth-order valence-electron chi connectivity index (χ4n) is 2.78. The highest BCUT2D eigenvalue weighted by Crippen LogP contribution is 2.26. The zero-order valence-electron chi connectivity index (χ0n) is 17.6. The van der Waals surface area contributed by atoms with Crippen LogP contribution in [0.4, 0.5) is 11.4 Å². The summed E-state index contributed by atoms with van der Waals surface area (Å²) in [6.45, 7) is 3.77. The van der Waals surface area contributed by atoms with E-state index in [4.69, 9.17) is 4.74 Å². The van der Waals surface area contributed by atoms with E-state index in [0.29, 0.717) is 17.0 Å². The molecule has 1 amide bonds. The van der Waals surface area contributed by atoms with Crippen molar-refractivity contribution in [3.63, 3.8) is 0 Å². The number of aryl methyl sites for hydroxylation is 2. The van der Waals surface area contributed by atoms with Crippen molar-refractivity contribution in [2.75, 3.05) is 11.9 Å². The largest absolute Gasteiger partial charge is 0.488 e. The van der Waals surface area contributed by atoms with Gasteiger partial charge in [0.2, 0.25) is 0 Å². The van der Waals surface area contributed by atoms with Crippen LogP contribution < -0.4 is 15.6 Å². The number of H-pyrrole nitrogens is 1. The first-order valence-corrected chi connectivity index (χ1v) is 10.4. The zero-order valence-corrected chi connectivity index (χ0v) is 19.2. The maximum Gasteiger partial charge on any atom is 0.395 e. The maximum atomic E-state index is 12.2. The molecule has 1 heterocycles. The van der Waals surface area contributed by atoms with E-state index in [-0.39, 0.29) is 18.3 Å². The van der Waals surface area contributed by atoms with E-state index in [0.717, 1.165) is 15.6 Å². The van der Waals surface area contributed by atoms with Crippen molar-refractivity contribution in [3.8, 4) is 11.6 Å². The fourth-order valence-corrected chi connectivity index (χ4v) is 3.33. The summed E-state index contributed by atoms with van der Waals surface area (Å²) < 4.78 is 6.29. The van der Waals surface area contributed by atoms with E-state index in [1.807, 2.05) is 26.0 Å². The summed E-state index contributed by atoms with van der Waals surface area (Å²) in [6, 6.07) is 10.5. The van der Waals surface area contributed by atoms with E-state index in [1.54, 1.807) is 30.3 Å². The number of carbonyl (C=O) groups excluding carboxylic acids is 1. The van der Waals surface area contributed by atoms with Crippen molar-refractivity contribution < 1.29 is 19.6 Å². The van der Waals surface area contributed by atoms with Crippen molar-refractivity contribution in [2.45, 2.75) is 13.8 Å². The average Bonchev–Trinajstić information content (AvgIpc) is 2.74. The number of ether oxygens (including phenoxy) is 1. The Labute approximate surface area is 196 Å². The second-order valence-corrected chi connectivity index (χ2v) is 7.89. The molecule has 0 aliphatic heterocycles. The molecule has 33 heavy (non-hydrogen) atoms. The van der Waals surface area contributed by atoms with Gasteiger partial charge in [-0.1, -0.05) is 18.2 Å². The predicted molar refractivity (Wildman–Crippen MR) is 126 cm³/mol. The van der Waals surface area contributed by atoms with Crippen molar-refractivity contribution in [2.24, 2.45) is 0 Å². The number of benzene rings is 2. The Kier molecular flexibility index (Phi) is 7.23. The van der Waals surface area contributed by atoms with Crippen LogP contribution in [-0.2, 0) is 4.79 Å². The molecule has 0 saturated heterocycles. The number of halogens is 1. The Hall–Kier alpha value is -3.99. The Morgan fingerprint density at radius 3 is 2.55 bits per heavy atom. The molecule has 0 saturated carbocycles. The van der Waals surface area contributed by atoms with Crippen LogP contribution in [0.15, 0.2) is 45.7 Å². The SMILES string of the molecule is Cc1cc(Br)c(NC(=O)COc2ccc(/C=C/c3nc(O)c([N+](=O)[O-])c(=O)[nH]3)cc2)cc1C. The number of carbonyl (C=O) groups is 1. The van der Waals surface area contributed by atoms with Crippen LogP contribution in [0.25, 0.3) is 12.2 Å². The van der Waals surface area contributed by atoms with Gasteiger partial charge in [0.05, 0.1) is 10.6 Å². The van der Waals surface area contributed by atoms with Gasteiger partial charge in [-0.25, -0.2) is 0 Å². The lowest BCUT2D eigenvalue weighted by atomic mass is 10.1. The van der Waals surface area contributed by atoms with Crippen molar-refractivity contribution in [1.82, 2.24) is 9.97 Å². The number of hydrogen-bond acceptors (Lipinski definition) is 7. The van der Waals surface area contributed by atoms with E-state index in [1.165, 1.54) is 6.08 Å². The molecule has 3 N–H and O–H groups in total. The maximum absolute atomic E-state index is 12.2. The molecule has 170 valence electrons. The highest BCUT2D eigenvalue weighted by molar-refractivity contribution is 9.10. The van der Waals surface area contributed by atoms with E-state index < -0.39 is 22.0 Å². The summed E-state index contributed by atoms with van der Waals surface area (Å²) in [7, 11) is 0. The number of aromatic nitrogens is 2. The van der Waals surface area contributed by atoms with E-state index in [2.05, 4.69) is 31.2 Å². The van der Waals surface area contributed by atoms with Gasteiger partial charge in [-0.2, -0.15) is 4.98 Å². The minimum atomic E-state index is -1.05. The highest BCUT2D eigenvalue weighted by atomic mass is 79.9. The lowest BCUT2D eigenvalue weighted by molar-refractivity contribution is -0.387. The number of nitrogens with one attached hydrogen (secondary N) is 2. The number of aromatic amines is 1. The summed E-state index contributed by atoms with van der Waals surface area (Å²) in [5, 5.41) is 23.1. The summed E-state index contributed by atoms with van der Waals surface area (Å²) in [5.74, 6) is -0.840. The number of hydrogen-bond donors (Lipinski definition) is 3. The molecule has 0 unspecified atom stereocenters. The van der Waals surface area contributed by atoms with Gasteiger partial charge in [-0.05, 0) is 76.8 Å². The van der Waals surface area contributed by atoms with Gasteiger partial charge in [0, 0.05) is 4.47 Å². The second-order valence-electron chi connectivity index (χ2n) is 7.04. The van der Waals surface area contributed by atoms with Crippen LogP contribution >= 0.6 is 15.9 Å². The van der Waals surface area contributed by atoms with Crippen LogP contribution in [0, 0.1) is 24.0 Å². The Morgan fingerprint density at radius 1 is 1.24 bits per heavy atom. The molecule has 0 spiro atoms. The third-order valence-corrected chi connectivity index (χ3v) is 5.27. The molecule has 0 atom stereocenters. The molecule has 3 rings (SSSR count). The minimum Gasteiger partial charge on any atom is -0.488 e. The summed E-state index contributed by atoms with van der Waals surface area (Å²) >= 11 is 3.43. The van der Waals surface area contributed by atoms with Gasteiger partial charge < -0.3 is 20.1 Å². The molecule has 0 bridgehead atoms.